The lowest BCUT2D eigenvalue weighted by molar-refractivity contribution is -0.0455. The Morgan fingerprint density at radius 2 is 1.79 bits per heavy atom. The number of methoxy groups -OCH3 is 1. The third-order valence-electron chi connectivity index (χ3n) is 2.59. The van der Waals surface area contributed by atoms with Crippen molar-refractivity contribution in [1.82, 2.24) is 0 Å². The quantitative estimate of drug-likeness (QED) is 0.457. The molecule has 0 fully saturated rings. The van der Waals surface area contributed by atoms with Crippen LogP contribution in [0.3, 0.4) is 0 Å². The van der Waals surface area contributed by atoms with Gasteiger partial charge in [-0.15, -0.1) is 0 Å². The molecule has 108 valence electrons. The lowest BCUT2D eigenvalue weighted by Crippen LogP contribution is -2.13. The fourth-order valence-corrected chi connectivity index (χ4v) is 1.71. The molecule has 0 aliphatic carbocycles. The Morgan fingerprint density at radius 3 is 2.47 bits per heavy atom. The lowest BCUT2D eigenvalue weighted by atomic mass is 10.1. The van der Waals surface area contributed by atoms with Gasteiger partial charge in [0.25, 0.3) is 0 Å². The third kappa shape index (κ3) is 7.28. The molecule has 0 heterocycles. The summed E-state index contributed by atoms with van der Waals surface area (Å²) in [5.74, 6) is 0. The van der Waals surface area contributed by atoms with Crippen molar-refractivity contribution in [3.8, 4) is 0 Å². The van der Waals surface area contributed by atoms with Gasteiger partial charge in [-0.05, 0) is 18.9 Å². The first kappa shape index (κ1) is 16.1. The van der Waals surface area contributed by atoms with Crippen LogP contribution in [0.1, 0.15) is 25.0 Å². The highest BCUT2D eigenvalue weighted by molar-refractivity contribution is 5.17. The summed E-state index contributed by atoms with van der Waals surface area (Å²) >= 11 is 0. The standard InChI is InChI=1S/C15H24O4/c1-3-19-15(14-8-5-4-6-9-14)12-17-10-7-11-18-13-16-2/h4-6,8-9,15H,3,7,10-13H2,1-2H3. The van der Waals surface area contributed by atoms with Gasteiger partial charge < -0.3 is 18.9 Å². The van der Waals surface area contributed by atoms with E-state index in [0.717, 1.165) is 12.0 Å². The van der Waals surface area contributed by atoms with Crippen LogP contribution in [-0.2, 0) is 18.9 Å². The van der Waals surface area contributed by atoms with Crippen molar-refractivity contribution in [2.75, 3.05) is 40.3 Å². The topological polar surface area (TPSA) is 36.9 Å². The maximum absolute atomic E-state index is 5.70. The van der Waals surface area contributed by atoms with E-state index in [-0.39, 0.29) is 6.10 Å². The van der Waals surface area contributed by atoms with Crippen molar-refractivity contribution < 1.29 is 18.9 Å². The Morgan fingerprint density at radius 1 is 1.05 bits per heavy atom. The molecule has 0 N–H and O–H groups in total. The number of hydrogen-bond acceptors (Lipinski definition) is 4. The van der Waals surface area contributed by atoms with E-state index in [1.165, 1.54) is 0 Å². The normalized spacial score (nSPS) is 12.5. The minimum Gasteiger partial charge on any atom is -0.378 e. The van der Waals surface area contributed by atoms with Gasteiger partial charge in [-0.25, -0.2) is 0 Å². The van der Waals surface area contributed by atoms with E-state index in [2.05, 4.69) is 12.1 Å². The van der Waals surface area contributed by atoms with Gasteiger partial charge in [0.05, 0.1) is 13.2 Å². The molecule has 4 heteroatoms. The van der Waals surface area contributed by atoms with Crippen LogP contribution >= 0.6 is 0 Å². The average molecular weight is 268 g/mol. The van der Waals surface area contributed by atoms with Crippen molar-refractivity contribution >= 4 is 0 Å². The number of hydrogen-bond donors (Lipinski definition) is 0. The van der Waals surface area contributed by atoms with E-state index < -0.39 is 0 Å². The van der Waals surface area contributed by atoms with Crippen LogP contribution < -0.4 is 0 Å². The predicted octanol–water partition coefficient (Wildman–Crippen LogP) is 2.79. The zero-order valence-electron chi connectivity index (χ0n) is 11.8. The van der Waals surface area contributed by atoms with E-state index in [4.69, 9.17) is 18.9 Å². The average Bonchev–Trinajstić information content (AvgIpc) is 2.46. The molecule has 1 aromatic carbocycles. The largest absolute Gasteiger partial charge is 0.378 e. The summed E-state index contributed by atoms with van der Waals surface area (Å²) in [5.41, 5.74) is 1.15. The van der Waals surface area contributed by atoms with Crippen molar-refractivity contribution in [2.45, 2.75) is 19.4 Å². The van der Waals surface area contributed by atoms with Crippen LogP contribution in [-0.4, -0.2) is 40.3 Å². The van der Waals surface area contributed by atoms with E-state index in [0.29, 0.717) is 33.2 Å². The summed E-state index contributed by atoms with van der Waals surface area (Å²) in [4.78, 5) is 0. The molecule has 19 heavy (non-hydrogen) atoms. The molecule has 0 bridgehead atoms. The molecule has 0 saturated heterocycles. The smallest absolute Gasteiger partial charge is 0.146 e. The Kier molecular flexibility index (Phi) is 9.27. The summed E-state index contributed by atoms with van der Waals surface area (Å²) in [6, 6.07) is 10.1. The number of ether oxygens (including phenoxy) is 4. The fourth-order valence-electron chi connectivity index (χ4n) is 1.71. The van der Waals surface area contributed by atoms with Crippen LogP contribution in [0, 0.1) is 0 Å². The summed E-state index contributed by atoms with van der Waals surface area (Å²) < 4.78 is 21.3. The summed E-state index contributed by atoms with van der Waals surface area (Å²) in [5, 5.41) is 0. The third-order valence-corrected chi connectivity index (χ3v) is 2.59. The molecular weight excluding hydrogens is 244 g/mol. The molecule has 1 aromatic rings. The van der Waals surface area contributed by atoms with Gasteiger partial charge in [0, 0.05) is 20.3 Å². The van der Waals surface area contributed by atoms with Crippen LogP contribution in [0.4, 0.5) is 0 Å². The van der Waals surface area contributed by atoms with Crippen molar-refractivity contribution in [1.29, 1.82) is 0 Å². The Labute approximate surface area is 115 Å². The number of benzene rings is 1. The van der Waals surface area contributed by atoms with E-state index >= 15 is 0 Å². The first-order chi connectivity index (χ1) is 9.38. The van der Waals surface area contributed by atoms with Crippen LogP contribution in [0.15, 0.2) is 30.3 Å². The molecule has 0 aliphatic rings. The zero-order chi connectivity index (χ0) is 13.8. The monoisotopic (exact) mass is 268 g/mol. The molecule has 0 amide bonds. The SMILES string of the molecule is CCOC(COCCCOCOC)c1ccccc1. The summed E-state index contributed by atoms with van der Waals surface area (Å²) in [6.07, 6.45) is 0.864. The minimum absolute atomic E-state index is 0.00564. The molecule has 0 aromatic heterocycles. The highest BCUT2D eigenvalue weighted by Gasteiger charge is 2.10. The summed E-state index contributed by atoms with van der Waals surface area (Å²) in [7, 11) is 1.61. The molecule has 0 radical (unpaired) electrons. The highest BCUT2D eigenvalue weighted by Crippen LogP contribution is 2.17. The molecule has 1 atom stereocenters. The predicted molar refractivity (Wildman–Crippen MR) is 74.1 cm³/mol. The Balaban J connectivity index is 2.20. The minimum atomic E-state index is 0.00564. The first-order valence-electron chi connectivity index (χ1n) is 6.69. The van der Waals surface area contributed by atoms with Gasteiger partial charge in [0.1, 0.15) is 12.9 Å². The van der Waals surface area contributed by atoms with Gasteiger partial charge in [-0.1, -0.05) is 30.3 Å². The molecular formula is C15H24O4. The second kappa shape index (κ2) is 10.9. The fraction of sp³-hybridized carbons (Fsp3) is 0.600. The van der Waals surface area contributed by atoms with Crippen molar-refractivity contribution in [2.24, 2.45) is 0 Å². The maximum atomic E-state index is 5.70. The second-order valence-electron chi connectivity index (χ2n) is 4.10. The van der Waals surface area contributed by atoms with E-state index in [9.17, 15) is 0 Å². The molecule has 4 nitrogen and oxygen atoms in total. The zero-order valence-corrected chi connectivity index (χ0v) is 11.8. The Bertz CT molecular complexity index is 302. The van der Waals surface area contributed by atoms with Crippen LogP contribution in [0.2, 0.25) is 0 Å². The highest BCUT2D eigenvalue weighted by atomic mass is 16.7. The van der Waals surface area contributed by atoms with E-state index in [1.807, 2.05) is 25.1 Å². The van der Waals surface area contributed by atoms with Crippen molar-refractivity contribution in [3.63, 3.8) is 0 Å². The molecule has 1 rings (SSSR count). The first-order valence-corrected chi connectivity index (χ1v) is 6.69. The van der Waals surface area contributed by atoms with Crippen LogP contribution in [0.5, 0.6) is 0 Å². The van der Waals surface area contributed by atoms with Crippen LogP contribution in [0.25, 0.3) is 0 Å². The van der Waals surface area contributed by atoms with Gasteiger partial charge in [-0.3, -0.25) is 0 Å². The Hall–Kier alpha value is -0.940. The molecule has 0 spiro atoms. The molecule has 0 saturated carbocycles. The maximum Gasteiger partial charge on any atom is 0.146 e. The van der Waals surface area contributed by atoms with Gasteiger partial charge >= 0.3 is 0 Å². The lowest BCUT2D eigenvalue weighted by Gasteiger charge is -2.17. The molecule has 0 aliphatic heterocycles. The van der Waals surface area contributed by atoms with Gasteiger partial charge in [0.2, 0.25) is 0 Å². The van der Waals surface area contributed by atoms with Gasteiger partial charge in [0.15, 0.2) is 0 Å². The summed E-state index contributed by atoms with van der Waals surface area (Å²) in [6.45, 7) is 4.90. The van der Waals surface area contributed by atoms with E-state index in [1.54, 1.807) is 7.11 Å². The molecule has 1 unspecified atom stereocenters. The second-order valence-corrected chi connectivity index (χ2v) is 4.10. The van der Waals surface area contributed by atoms with Gasteiger partial charge in [-0.2, -0.15) is 0 Å². The number of rotatable bonds is 11. The van der Waals surface area contributed by atoms with Crippen molar-refractivity contribution in [3.05, 3.63) is 35.9 Å².